The number of nitrogens with zero attached hydrogens (tertiary/aromatic N) is 2. The van der Waals surface area contributed by atoms with Crippen molar-refractivity contribution in [3.05, 3.63) is 29.8 Å². The molecule has 10 heteroatoms. The Balaban J connectivity index is 1.67. The monoisotopic (exact) mass is 436 g/mol. The Morgan fingerprint density at radius 1 is 1.10 bits per heavy atom. The first kappa shape index (κ1) is 23.6. The molecular weight excluding hydrogens is 409 g/mol. The Kier molecular flexibility index (Phi) is 8.47. The van der Waals surface area contributed by atoms with Crippen LogP contribution in [-0.2, 0) is 19.4 Å². The molecule has 0 N–H and O–H groups in total. The van der Waals surface area contributed by atoms with Crippen LogP contribution in [0.5, 0.6) is 0 Å². The zero-order chi connectivity index (χ0) is 21.5. The minimum Gasteiger partial charge on any atom is -0.372 e. The number of rotatable bonds is 9. The summed E-state index contributed by atoms with van der Waals surface area (Å²) >= 11 is 0. The molecule has 2 rings (SSSR count). The minimum absolute atomic E-state index is 0.0372. The van der Waals surface area contributed by atoms with E-state index in [2.05, 4.69) is 9.64 Å². The Morgan fingerprint density at radius 3 is 2.31 bits per heavy atom. The molecule has 0 bridgehead atoms. The molecule has 0 radical (unpaired) electrons. The molecule has 1 aromatic rings. The number of benzene rings is 1. The fourth-order valence-corrected chi connectivity index (χ4v) is 4.27. The summed E-state index contributed by atoms with van der Waals surface area (Å²) in [6.07, 6.45) is -3.89. The largest absolute Gasteiger partial charge is 0.411 e. The van der Waals surface area contributed by atoms with Crippen molar-refractivity contribution in [2.45, 2.75) is 30.8 Å². The molecule has 0 atom stereocenters. The maximum Gasteiger partial charge on any atom is 0.411 e. The van der Waals surface area contributed by atoms with Crippen LogP contribution in [0.1, 0.15) is 18.4 Å². The van der Waals surface area contributed by atoms with Gasteiger partial charge in [0.05, 0.1) is 10.6 Å². The van der Waals surface area contributed by atoms with E-state index < -0.39 is 22.6 Å². The van der Waals surface area contributed by atoms with Gasteiger partial charge in [0.25, 0.3) is 0 Å². The summed E-state index contributed by atoms with van der Waals surface area (Å²) in [5.41, 5.74) is 0.963. The van der Waals surface area contributed by atoms with E-state index in [0.29, 0.717) is 39.1 Å². The number of hydrogen-bond donors (Lipinski definition) is 0. The first-order chi connectivity index (χ1) is 13.6. The van der Waals surface area contributed by atoms with Crippen LogP contribution in [0.15, 0.2) is 29.2 Å². The van der Waals surface area contributed by atoms with Crippen molar-refractivity contribution in [1.82, 2.24) is 9.80 Å². The Labute approximate surface area is 169 Å². The van der Waals surface area contributed by atoms with Crippen molar-refractivity contribution in [1.29, 1.82) is 0 Å². The lowest BCUT2D eigenvalue weighted by Gasteiger charge is -2.34. The number of carbonyl (C=O) groups is 1. The molecule has 1 aliphatic heterocycles. The molecule has 1 heterocycles. The highest BCUT2D eigenvalue weighted by Crippen LogP contribution is 2.15. The van der Waals surface area contributed by atoms with E-state index in [4.69, 9.17) is 0 Å². The van der Waals surface area contributed by atoms with Gasteiger partial charge in [-0.2, -0.15) is 13.2 Å². The van der Waals surface area contributed by atoms with Crippen LogP contribution in [0.25, 0.3) is 0 Å². The van der Waals surface area contributed by atoms with E-state index in [1.165, 1.54) is 0 Å². The van der Waals surface area contributed by atoms with Crippen LogP contribution in [0.4, 0.5) is 13.2 Å². The first-order valence-corrected chi connectivity index (χ1v) is 11.2. The van der Waals surface area contributed by atoms with Gasteiger partial charge in [-0.25, -0.2) is 8.42 Å². The van der Waals surface area contributed by atoms with Crippen molar-refractivity contribution in [2.24, 2.45) is 0 Å². The number of ether oxygens (including phenoxy) is 1. The number of amides is 1. The summed E-state index contributed by atoms with van der Waals surface area (Å²) in [7, 11) is -3.50. The summed E-state index contributed by atoms with van der Waals surface area (Å²) in [5.74, 6) is -0.431. The highest BCUT2D eigenvalue weighted by atomic mass is 32.2. The number of hydrogen-bond acceptors (Lipinski definition) is 5. The lowest BCUT2D eigenvalue weighted by atomic mass is 10.2. The second-order valence-electron chi connectivity index (χ2n) is 7.13. The third kappa shape index (κ3) is 8.31. The Morgan fingerprint density at radius 2 is 1.72 bits per heavy atom. The normalized spacial score (nSPS) is 16.2. The number of carbonyl (C=O) groups excluding carboxylic acids is 1. The second-order valence-corrected chi connectivity index (χ2v) is 9.23. The standard InChI is InChI=1S/C19H27F3N2O4S/c1-16-3-5-17(6-4-16)29(26,27)14-7-18(25)24-11-9-23(10-12-24)8-2-13-28-15-19(20,21)22/h3-6H,2,7-15H2,1H3. The molecule has 1 aliphatic rings. The summed E-state index contributed by atoms with van der Waals surface area (Å²) in [5, 5.41) is 0. The van der Waals surface area contributed by atoms with Gasteiger partial charge in [0, 0.05) is 45.8 Å². The maximum absolute atomic E-state index is 12.4. The van der Waals surface area contributed by atoms with Crippen molar-refractivity contribution in [3.8, 4) is 0 Å². The van der Waals surface area contributed by atoms with E-state index in [9.17, 15) is 26.4 Å². The third-order valence-corrected chi connectivity index (χ3v) is 6.45. The van der Waals surface area contributed by atoms with Gasteiger partial charge in [-0.05, 0) is 25.5 Å². The highest BCUT2D eigenvalue weighted by Gasteiger charge is 2.27. The molecule has 0 saturated carbocycles. The number of halogens is 3. The van der Waals surface area contributed by atoms with Gasteiger partial charge < -0.3 is 9.64 Å². The van der Waals surface area contributed by atoms with Gasteiger partial charge in [-0.15, -0.1) is 0 Å². The summed E-state index contributed by atoms with van der Waals surface area (Å²) < 4.78 is 65.3. The highest BCUT2D eigenvalue weighted by molar-refractivity contribution is 7.91. The summed E-state index contributed by atoms with van der Waals surface area (Å²) in [6, 6.07) is 6.54. The van der Waals surface area contributed by atoms with E-state index in [1.807, 2.05) is 6.92 Å². The molecule has 6 nitrogen and oxygen atoms in total. The minimum atomic E-state index is -4.31. The lowest BCUT2D eigenvalue weighted by molar-refractivity contribution is -0.174. The van der Waals surface area contributed by atoms with Crippen molar-refractivity contribution < 1.29 is 31.1 Å². The topological polar surface area (TPSA) is 66.9 Å². The average molecular weight is 436 g/mol. The fraction of sp³-hybridized carbons (Fsp3) is 0.632. The van der Waals surface area contributed by atoms with Crippen LogP contribution in [0, 0.1) is 6.92 Å². The molecule has 164 valence electrons. The van der Waals surface area contributed by atoms with Gasteiger partial charge in [0.15, 0.2) is 9.84 Å². The van der Waals surface area contributed by atoms with Gasteiger partial charge >= 0.3 is 6.18 Å². The molecule has 0 unspecified atom stereocenters. The smallest absolute Gasteiger partial charge is 0.372 e. The number of aryl methyl sites for hydroxylation is 1. The molecule has 1 aromatic carbocycles. The number of alkyl halides is 3. The van der Waals surface area contributed by atoms with E-state index in [0.717, 1.165) is 5.56 Å². The zero-order valence-electron chi connectivity index (χ0n) is 16.5. The number of piperazine rings is 1. The molecular formula is C19H27F3N2O4S. The van der Waals surface area contributed by atoms with E-state index >= 15 is 0 Å². The second kappa shape index (κ2) is 10.4. The summed E-state index contributed by atoms with van der Waals surface area (Å²) in [4.78, 5) is 16.3. The molecule has 0 spiro atoms. The zero-order valence-corrected chi connectivity index (χ0v) is 17.3. The number of sulfone groups is 1. The van der Waals surface area contributed by atoms with Gasteiger partial charge in [0.1, 0.15) is 6.61 Å². The molecule has 0 aliphatic carbocycles. The van der Waals surface area contributed by atoms with Crippen LogP contribution in [-0.4, -0.2) is 82.0 Å². The van der Waals surface area contributed by atoms with Crippen LogP contribution in [0.2, 0.25) is 0 Å². The van der Waals surface area contributed by atoms with Crippen LogP contribution >= 0.6 is 0 Å². The quantitative estimate of drug-likeness (QED) is 0.556. The SMILES string of the molecule is Cc1ccc(S(=O)(=O)CCC(=O)N2CCN(CCCOCC(F)(F)F)CC2)cc1. The van der Waals surface area contributed by atoms with Crippen LogP contribution < -0.4 is 0 Å². The molecule has 1 fully saturated rings. The average Bonchev–Trinajstić information content (AvgIpc) is 2.66. The van der Waals surface area contributed by atoms with Crippen molar-refractivity contribution in [3.63, 3.8) is 0 Å². The van der Waals surface area contributed by atoms with E-state index in [-0.39, 0.29) is 29.6 Å². The molecule has 1 amide bonds. The Bertz CT molecular complexity index is 759. The van der Waals surface area contributed by atoms with Gasteiger partial charge in [-0.3, -0.25) is 9.69 Å². The van der Waals surface area contributed by atoms with Crippen molar-refractivity contribution in [2.75, 3.05) is 51.7 Å². The predicted molar refractivity (Wildman–Crippen MR) is 102 cm³/mol. The maximum atomic E-state index is 12.4. The molecule has 29 heavy (non-hydrogen) atoms. The van der Waals surface area contributed by atoms with E-state index in [1.54, 1.807) is 29.2 Å². The third-order valence-electron chi connectivity index (χ3n) is 4.72. The van der Waals surface area contributed by atoms with Crippen LogP contribution in [0.3, 0.4) is 0 Å². The molecule has 1 saturated heterocycles. The Hall–Kier alpha value is -1.65. The molecule has 0 aromatic heterocycles. The summed E-state index contributed by atoms with van der Waals surface area (Å²) in [6.45, 7) is 3.44. The first-order valence-electron chi connectivity index (χ1n) is 9.51. The predicted octanol–water partition coefficient (Wildman–Crippen LogP) is 2.27. The fourth-order valence-electron chi connectivity index (χ4n) is 3.04. The van der Waals surface area contributed by atoms with Gasteiger partial charge in [0.2, 0.25) is 5.91 Å². The lowest BCUT2D eigenvalue weighted by Crippen LogP contribution is -2.49. The van der Waals surface area contributed by atoms with Crippen molar-refractivity contribution >= 4 is 15.7 Å². The van der Waals surface area contributed by atoms with Gasteiger partial charge in [-0.1, -0.05) is 17.7 Å².